The maximum absolute atomic E-state index is 12.7. The van der Waals surface area contributed by atoms with Gasteiger partial charge in [-0.1, -0.05) is 19.1 Å². The highest BCUT2D eigenvalue weighted by molar-refractivity contribution is 7.91. The number of carbonyl (C=O) groups is 1. The first-order chi connectivity index (χ1) is 17.6. The molecule has 2 heterocycles. The van der Waals surface area contributed by atoms with Crippen molar-refractivity contribution < 1.29 is 27.2 Å². The minimum atomic E-state index is -3.54. The predicted molar refractivity (Wildman–Crippen MR) is 137 cm³/mol. The van der Waals surface area contributed by atoms with Crippen molar-refractivity contribution in [2.45, 2.75) is 39.2 Å². The van der Waals surface area contributed by atoms with Crippen molar-refractivity contribution in [1.29, 1.82) is 0 Å². The minimum absolute atomic E-state index is 0.0414. The third kappa shape index (κ3) is 5.83. The van der Waals surface area contributed by atoms with Crippen LogP contribution in [0.15, 0.2) is 62.7 Å². The molecule has 10 nitrogen and oxygen atoms in total. The summed E-state index contributed by atoms with van der Waals surface area (Å²) in [5.74, 6) is 0.720. The van der Waals surface area contributed by atoms with Crippen LogP contribution >= 0.6 is 0 Å². The second-order valence-electron chi connectivity index (χ2n) is 8.47. The molecule has 1 amide bonds. The average Bonchev–Trinajstić information content (AvgIpc) is 3.25. The van der Waals surface area contributed by atoms with E-state index in [2.05, 4.69) is 10.3 Å². The van der Waals surface area contributed by atoms with Crippen LogP contribution in [0, 0.1) is 20.8 Å². The Bertz CT molecular complexity index is 1640. The van der Waals surface area contributed by atoms with Gasteiger partial charge in [-0.25, -0.2) is 13.4 Å². The Morgan fingerprint density at radius 3 is 2.59 bits per heavy atom. The van der Waals surface area contributed by atoms with Crippen LogP contribution in [0.25, 0.3) is 5.65 Å². The Kier molecular flexibility index (Phi) is 7.35. The van der Waals surface area contributed by atoms with E-state index in [9.17, 15) is 18.0 Å². The molecule has 1 N–H and O–H groups in total. The number of nitrogens with zero attached hydrogens (tertiary/aromatic N) is 2. The predicted octanol–water partition coefficient (Wildman–Crippen LogP) is 3.60. The molecule has 0 aliphatic rings. The van der Waals surface area contributed by atoms with Gasteiger partial charge in [-0.2, -0.15) is 0 Å². The molecule has 4 rings (SSSR count). The Morgan fingerprint density at radius 2 is 1.84 bits per heavy atom. The summed E-state index contributed by atoms with van der Waals surface area (Å²) >= 11 is 0. The number of rotatable bonds is 9. The summed E-state index contributed by atoms with van der Waals surface area (Å²) in [5, 5.41) is 2.68. The van der Waals surface area contributed by atoms with Crippen LogP contribution in [0.1, 0.15) is 29.5 Å². The zero-order valence-electron chi connectivity index (χ0n) is 20.9. The van der Waals surface area contributed by atoms with Gasteiger partial charge in [0.2, 0.25) is 0 Å². The topological polar surface area (TPSA) is 129 Å². The SMILES string of the molecule is CCS(=O)(=O)c1ccc(OCc2cc(=O)n3oc(C)cc3n2)c(NC(=O)COc2cccc(C)c2C)c1. The van der Waals surface area contributed by atoms with Crippen LogP contribution in [0.2, 0.25) is 0 Å². The van der Waals surface area contributed by atoms with E-state index in [1.807, 2.05) is 26.0 Å². The van der Waals surface area contributed by atoms with Crippen LogP contribution in [-0.4, -0.2) is 36.2 Å². The van der Waals surface area contributed by atoms with Crippen molar-refractivity contribution in [1.82, 2.24) is 9.56 Å². The lowest BCUT2D eigenvalue weighted by Gasteiger charge is -2.15. The number of hydrogen-bond acceptors (Lipinski definition) is 8. The fraction of sp³-hybridized carbons (Fsp3) is 0.269. The number of nitrogens with one attached hydrogen (secondary N) is 1. The first-order valence-electron chi connectivity index (χ1n) is 11.6. The molecule has 0 radical (unpaired) electrons. The molecule has 37 heavy (non-hydrogen) atoms. The molecule has 4 aromatic rings. The van der Waals surface area contributed by atoms with Crippen molar-refractivity contribution in [2.75, 3.05) is 17.7 Å². The smallest absolute Gasteiger partial charge is 0.287 e. The Balaban J connectivity index is 1.56. The van der Waals surface area contributed by atoms with Gasteiger partial charge in [-0.15, -0.1) is 4.57 Å². The molecule has 0 bridgehead atoms. The first kappa shape index (κ1) is 26.0. The number of ether oxygens (including phenoxy) is 2. The van der Waals surface area contributed by atoms with Gasteiger partial charge >= 0.3 is 0 Å². The summed E-state index contributed by atoms with van der Waals surface area (Å²) in [6.07, 6.45) is 0. The third-order valence-corrected chi connectivity index (χ3v) is 7.51. The lowest BCUT2D eigenvalue weighted by atomic mass is 10.1. The van der Waals surface area contributed by atoms with Crippen LogP contribution in [0.3, 0.4) is 0 Å². The fourth-order valence-electron chi connectivity index (χ4n) is 3.60. The highest BCUT2D eigenvalue weighted by atomic mass is 32.2. The summed E-state index contributed by atoms with van der Waals surface area (Å²) in [7, 11) is -3.54. The minimum Gasteiger partial charge on any atom is -0.485 e. The van der Waals surface area contributed by atoms with Gasteiger partial charge < -0.3 is 19.3 Å². The van der Waals surface area contributed by atoms with Gasteiger partial charge in [0.05, 0.1) is 22.0 Å². The maximum Gasteiger partial charge on any atom is 0.287 e. The molecular formula is C26H27N3O7S. The quantitative estimate of drug-likeness (QED) is 0.351. The average molecular weight is 526 g/mol. The molecule has 0 spiro atoms. The van der Waals surface area contributed by atoms with Crippen LogP contribution < -0.4 is 20.3 Å². The molecular weight excluding hydrogens is 498 g/mol. The molecule has 2 aromatic heterocycles. The zero-order valence-corrected chi connectivity index (χ0v) is 21.7. The van der Waals surface area contributed by atoms with E-state index in [1.54, 1.807) is 19.1 Å². The van der Waals surface area contributed by atoms with E-state index in [4.69, 9.17) is 14.0 Å². The second kappa shape index (κ2) is 10.5. The zero-order chi connectivity index (χ0) is 26.7. The molecule has 0 saturated heterocycles. The van der Waals surface area contributed by atoms with Crippen molar-refractivity contribution in [2.24, 2.45) is 0 Å². The number of hydrogen-bond donors (Lipinski definition) is 1. The van der Waals surface area contributed by atoms with Gasteiger partial charge in [0.25, 0.3) is 11.5 Å². The van der Waals surface area contributed by atoms with E-state index in [0.717, 1.165) is 15.7 Å². The van der Waals surface area contributed by atoms with Crippen molar-refractivity contribution >= 4 is 27.1 Å². The van der Waals surface area contributed by atoms with Gasteiger partial charge in [0.1, 0.15) is 23.9 Å². The van der Waals surface area contributed by atoms with E-state index >= 15 is 0 Å². The molecule has 0 aliphatic heterocycles. The summed E-state index contributed by atoms with van der Waals surface area (Å²) in [5.41, 5.74) is 2.38. The molecule has 2 aromatic carbocycles. The highest BCUT2D eigenvalue weighted by Gasteiger charge is 2.18. The van der Waals surface area contributed by atoms with E-state index in [0.29, 0.717) is 22.9 Å². The van der Waals surface area contributed by atoms with E-state index in [1.165, 1.54) is 31.2 Å². The van der Waals surface area contributed by atoms with E-state index in [-0.39, 0.29) is 35.3 Å². The van der Waals surface area contributed by atoms with E-state index < -0.39 is 21.3 Å². The van der Waals surface area contributed by atoms with Crippen molar-refractivity contribution in [3.63, 3.8) is 0 Å². The van der Waals surface area contributed by atoms with Crippen molar-refractivity contribution in [3.8, 4) is 11.5 Å². The summed E-state index contributed by atoms with van der Waals surface area (Å²) in [6.45, 7) is 6.69. The summed E-state index contributed by atoms with van der Waals surface area (Å²) in [4.78, 5) is 29.4. The largest absolute Gasteiger partial charge is 0.485 e. The van der Waals surface area contributed by atoms with Gasteiger partial charge in [-0.05, 0) is 56.2 Å². The van der Waals surface area contributed by atoms with Crippen LogP contribution in [0.5, 0.6) is 11.5 Å². The lowest BCUT2D eigenvalue weighted by molar-refractivity contribution is -0.118. The van der Waals surface area contributed by atoms with Gasteiger partial charge in [0.15, 0.2) is 22.1 Å². The maximum atomic E-state index is 12.7. The number of benzene rings is 2. The third-order valence-electron chi connectivity index (χ3n) is 5.78. The first-order valence-corrected chi connectivity index (χ1v) is 13.2. The summed E-state index contributed by atoms with van der Waals surface area (Å²) in [6, 6.07) is 12.7. The Morgan fingerprint density at radius 1 is 1.05 bits per heavy atom. The highest BCUT2D eigenvalue weighted by Crippen LogP contribution is 2.29. The number of carbonyl (C=O) groups excluding carboxylic acids is 1. The van der Waals surface area contributed by atoms with Crippen molar-refractivity contribution in [3.05, 3.63) is 81.5 Å². The molecule has 0 aliphatic carbocycles. The second-order valence-corrected chi connectivity index (χ2v) is 10.7. The van der Waals surface area contributed by atoms with Gasteiger partial charge in [0, 0.05) is 12.1 Å². The number of aromatic nitrogens is 2. The number of sulfone groups is 1. The van der Waals surface area contributed by atoms with Crippen LogP contribution in [-0.2, 0) is 21.2 Å². The monoisotopic (exact) mass is 525 g/mol. The lowest BCUT2D eigenvalue weighted by Crippen LogP contribution is -2.21. The number of fused-ring (bicyclic) bond motifs is 1. The molecule has 0 saturated carbocycles. The number of anilines is 1. The molecule has 0 unspecified atom stereocenters. The standard InChI is InChI=1S/C26H27N3O7S/c1-5-37(32,33)20-9-10-23(34-14-19-12-26(31)29-24(27-19)11-17(3)36-29)21(13-20)28-25(30)15-35-22-8-6-7-16(2)18(22)4/h6-13H,5,14-15H2,1-4H3,(H,28,30). The van der Waals surface area contributed by atoms with Gasteiger partial charge in [-0.3, -0.25) is 9.59 Å². The summed E-state index contributed by atoms with van der Waals surface area (Å²) < 4.78 is 42.8. The Labute approximate surface area is 213 Å². The molecule has 0 fully saturated rings. The number of aryl methyl sites for hydroxylation is 2. The normalized spacial score (nSPS) is 11.5. The number of amides is 1. The Hall–Kier alpha value is -4.12. The molecule has 11 heteroatoms. The van der Waals surface area contributed by atoms with Crippen LogP contribution in [0.4, 0.5) is 5.69 Å². The fourth-order valence-corrected chi connectivity index (χ4v) is 4.51. The molecule has 194 valence electrons. The molecule has 0 atom stereocenters.